The van der Waals surface area contributed by atoms with Crippen molar-refractivity contribution >= 4 is 25.3 Å². The second-order valence-corrected chi connectivity index (χ2v) is 4.79. The molecule has 0 rings (SSSR count). The summed E-state index contributed by atoms with van der Waals surface area (Å²) >= 11 is 9.95. The molecule has 0 saturated heterocycles. The average molecular weight is 148 g/mol. The van der Waals surface area contributed by atoms with Crippen molar-refractivity contribution in [2.75, 3.05) is 0 Å². The molecule has 0 fully saturated rings. The van der Waals surface area contributed by atoms with E-state index in [1.165, 1.54) is 0 Å². The third kappa shape index (κ3) is 6.70. The number of rotatable bonds is 2. The highest BCUT2D eigenvalue weighted by molar-refractivity contribution is 7.79. The van der Waals surface area contributed by atoms with Gasteiger partial charge >= 0.3 is 0 Å². The largest absolute Gasteiger partial charge is 0.812 e. The predicted molar refractivity (Wildman–Crippen MR) is 42.6 cm³/mol. The van der Waals surface area contributed by atoms with Gasteiger partial charge in [0.15, 0.2) is 0 Å². The summed E-state index contributed by atoms with van der Waals surface area (Å²) in [7, 11) is 0. The highest BCUT2D eigenvalue weighted by atomic mass is 32.2. The second kappa shape index (κ2) is 3.02. The SMILES string of the molecule is CC(C)CC(C)([S-])[S-]. The first-order valence-corrected chi connectivity index (χ1v) is 3.64. The van der Waals surface area contributed by atoms with Gasteiger partial charge in [0.05, 0.1) is 0 Å². The first kappa shape index (κ1) is 8.70. The van der Waals surface area contributed by atoms with E-state index in [0.29, 0.717) is 5.92 Å². The molecule has 0 heterocycles. The Morgan fingerprint density at radius 2 is 1.75 bits per heavy atom. The molecule has 50 valence electrons. The van der Waals surface area contributed by atoms with Gasteiger partial charge in [-0.1, -0.05) is 26.2 Å². The van der Waals surface area contributed by atoms with Crippen LogP contribution in [0.2, 0.25) is 0 Å². The third-order valence-electron chi connectivity index (χ3n) is 0.779. The Morgan fingerprint density at radius 3 is 1.75 bits per heavy atom. The average Bonchev–Trinajstić information content (AvgIpc) is 1.21. The molecular formula is C6H12S2-2. The quantitative estimate of drug-likeness (QED) is 0.548. The van der Waals surface area contributed by atoms with Crippen LogP contribution in [0, 0.1) is 5.92 Å². The first-order chi connectivity index (χ1) is 3.42. The van der Waals surface area contributed by atoms with Crippen LogP contribution in [0.3, 0.4) is 0 Å². The van der Waals surface area contributed by atoms with Crippen molar-refractivity contribution in [3.8, 4) is 0 Å². The molecule has 2 heteroatoms. The summed E-state index contributed by atoms with van der Waals surface area (Å²) in [6.07, 6.45) is 0.956. The van der Waals surface area contributed by atoms with Crippen molar-refractivity contribution in [1.82, 2.24) is 0 Å². The van der Waals surface area contributed by atoms with E-state index in [9.17, 15) is 0 Å². The fourth-order valence-electron chi connectivity index (χ4n) is 0.742. The van der Waals surface area contributed by atoms with Gasteiger partial charge in [0, 0.05) is 0 Å². The summed E-state index contributed by atoms with van der Waals surface area (Å²) in [6, 6.07) is 0. The molecule has 0 aromatic carbocycles. The van der Waals surface area contributed by atoms with Crippen LogP contribution in [-0.2, 0) is 25.3 Å². The smallest absolute Gasteiger partial charge is 0.0502 e. The minimum Gasteiger partial charge on any atom is -0.812 e. The third-order valence-corrected chi connectivity index (χ3v) is 1.11. The van der Waals surface area contributed by atoms with E-state index in [1.807, 2.05) is 6.92 Å². The molecular weight excluding hydrogens is 136 g/mol. The van der Waals surface area contributed by atoms with Crippen molar-refractivity contribution < 1.29 is 0 Å². The zero-order valence-corrected chi connectivity index (χ0v) is 7.23. The van der Waals surface area contributed by atoms with Crippen molar-refractivity contribution in [3.05, 3.63) is 0 Å². The molecule has 8 heavy (non-hydrogen) atoms. The van der Waals surface area contributed by atoms with Crippen molar-refractivity contribution in [2.24, 2.45) is 5.92 Å². The van der Waals surface area contributed by atoms with Crippen molar-refractivity contribution in [3.63, 3.8) is 0 Å². The van der Waals surface area contributed by atoms with E-state index < -0.39 is 0 Å². The number of hydrogen-bond donors (Lipinski definition) is 0. The molecule has 0 aromatic rings. The number of hydrogen-bond acceptors (Lipinski definition) is 2. The lowest BCUT2D eigenvalue weighted by Crippen LogP contribution is -2.18. The Hall–Kier alpha value is 0.700. The van der Waals surface area contributed by atoms with Gasteiger partial charge in [-0.2, -0.15) is 0 Å². The summed E-state index contributed by atoms with van der Waals surface area (Å²) in [6.45, 7) is 6.19. The highest BCUT2D eigenvalue weighted by Gasteiger charge is 1.94. The molecule has 0 nitrogen and oxygen atoms in total. The molecule has 0 aliphatic rings. The molecule has 0 radical (unpaired) electrons. The van der Waals surface area contributed by atoms with Gasteiger partial charge in [0.1, 0.15) is 0 Å². The molecule has 0 amide bonds. The summed E-state index contributed by atoms with van der Waals surface area (Å²) in [4.78, 5) is 0. The monoisotopic (exact) mass is 148 g/mol. The molecule has 0 N–H and O–H groups in total. The molecule has 0 saturated carbocycles. The molecule has 0 aromatic heterocycles. The van der Waals surface area contributed by atoms with E-state index >= 15 is 0 Å². The van der Waals surface area contributed by atoms with Gasteiger partial charge in [-0.3, -0.25) is 4.08 Å². The van der Waals surface area contributed by atoms with Crippen LogP contribution < -0.4 is 0 Å². The van der Waals surface area contributed by atoms with Crippen LogP contribution >= 0.6 is 0 Å². The van der Waals surface area contributed by atoms with Gasteiger partial charge in [-0.25, -0.2) is 0 Å². The molecule has 0 spiro atoms. The summed E-state index contributed by atoms with van der Waals surface area (Å²) in [5, 5.41) is 0. The highest BCUT2D eigenvalue weighted by Crippen LogP contribution is 2.14. The zero-order chi connectivity index (χ0) is 6.78. The first-order valence-electron chi connectivity index (χ1n) is 2.82. The van der Waals surface area contributed by atoms with Crippen LogP contribution in [0.1, 0.15) is 27.2 Å². The summed E-state index contributed by atoms with van der Waals surface area (Å²) in [5.74, 6) is 0.634. The van der Waals surface area contributed by atoms with Gasteiger partial charge in [0.2, 0.25) is 0 Å². The Morgan fingerprint density at radius 1 is 1.38 bits per heavy atom. The van der Waals surface area contributed by atoms with E-state index in [2.05, 4.69) is 13.8 Å². The van der Waals surface area contributed by atoms with Gasteiger partial charge in [-0.15, -0.1) is 6.92 Å². The molecule has 0 bridgehead atoms. The molecule has 0 unspecified atom stereocenters. The van der Waals surface area contributed by atoms with E-state index in [-0.39, 0.29) is 4.08 Å². The summed E-state index contributed by atoms with van der Waals surface area (Å²) in [5.41, 5.74) is 0. The van der Waals surface area contributed by atoms with Crippen molar-refractivity contribution in [1.29, 1.82) is 0 Å². The standard InChI is InChI=1S/C6H14S2/c1-5(2)4-6(3,7)8/h5,7-8H,4H2,1-3H3/p-2. The minimum absolute atomic E-state index is 0.311. The topological polar surface area (TPSA) is 0 Å². The van der Waals surface area contributed by atoms with Gasteiger partial charge in [0.25, 0.3) is 0 Å². The lowest BCUT2D eigenvalue weighted by Gasteiger charge is -2.47. The van der Waals surface area contributed by atoms with E-state index in [0.717, 1.165) is 6.42 Å². The Balaban J connectivity index is 3.39. The zero-order valence-electron chi connectivity index (χ0n) is 5.60. The van der Waals surface area contributed by atoms with Crippen molar-refractivity contribution in [2.45, 2.75) is 31.3 Å². The lowest BCUT2D eigenvalue weighted by molar-refractivity contribution is 0.567. The molecule has 0 aliphatic heterocycles. The van der Waals surface area contributed by atoms with Crippen LogP contribution in [0.5, 0.6) is 0 Å². The van der Waals surface area contributed by atoms with Crippen LogP contribution in [-0.4, -0.2) is 4.08 Å². The predicted octanol–water partition coefficient (Wildman–Crippen LogP) is 1.84. The van der Waals surface area contributed by atoms with Gasteiger partial charge in [-0.05, 0) is 0 Å². The van der Waals surface area contributed by atoms with Crippen LogP contribution in [0.15, 0.2) is 0 Å². The van der Waals surface area contributed by atoms with Crippen LogP contribution in [0.25, 0.3) is 0 Å². The summed E-state index contributed by atoms with van der Waals surface area (Å²) < 4.78 is -0.311. The molecule has 0 atom stereocenters. The Bertz CT molecular complexity index is 61.4. The maximum Gasteiger partial charge on any atom is -0.0502 e. The maximum absolute atomic E-state index is 4.98. The fraction of sp³-hybridized carbons (Fsp3) is 1.00. The lowest BCUT2D eigenvalue weighted by atomic mass is 10.1. The fourth-order valence-corrected chi connectivity index (χ4v) is 1.41. The molecule has 0 aliphatic carbocycles. The van der Waals surface area contributed by atoms with E-state index in [4.69, 9.17) is 25.3 Å². The maximum atomic E-state index is 4.98. The second-order valence-electron chi connectivity index (χ2n) is 2.73. The van der Waals surface area contributed by atoms with Crippen LogP contribution in [0.4, 0.5) is 0 Å². The van der Waals surface area contributed by atoms with Gasteiger partial charge < -0.3 is 25.3 Å². The van der Waals surface area contributed by atoms with E-state index in [1.54, 1.807) is 0 Å². The Labute approximate surface area is 62.9 Å². The Kier molecular flexibility index (Phi) is 3.28. The normalized spacial score (nSPS) is 12.8. The minimum atomic E-state index is -0.311.